The molecule has 30 heavy (non-hydrogen) atoms. The van der Waals surface area contributed by atoms with E-state index in [1.165, 1.54) is 4.90 Å². The van der Waals surface area contributed by atoms with Gasteiger partial charge in [-0.05, 0) is 42.7 Å². The summed E-state index contributed by atoms with van der Waals surface area (Å²) < 4.78 is 0. The van der Waals surface area contributed by atoms with E-state index in [4.69, 9.17) is 0 Å². The zero-order valence-corrected chi connectivity index (χ0v) is 17.1. The minimum Gasteiger partial charge on any atom is -0.293 e. The van der Waals surface area contributed by atoms with Gasteiger partial charge in [0.15, 0.2) is 5.78 Å². The Morgan fingerprint density at radius 3 is 2.33 bits per heavy atom. The van der Waals surface area contributed by atoms with Gasteiger partial charge in [0.05, 0.1) is 23.6 Å². The standard InChI is InChI=1S/C25H24N2O3/c1-3-16-7-9-18(10-8-16)27-24(29)21-19-11-12-20(28)23(22(21)25(27)30)26(19)14-17-6-4-5-15(2)13-17/h4-13,19,21-23H,3,14H2,1-2H3/t19-,21-,22-,23+/m0/s1. The minimum atomic E-state index is -0.624. The zero-order chi connectivity index (χ0) is 21.0. The molecule has 0 saturated carbocycles. The van der Waals surface area contributed by atoms with Crippen molar-refractivity contribution in [2.45, 2.75) is 38.9 Å². The molecule has 4 atom stereocenters. The second kappa shape index (κ2) is 7.03. The maximum absolute atomic E-state index is 13.4. The van der Waals surface area contributed by atoms with E-state index in [-0.39, 0.29) is 23.6 Å². The molecule has 5 heteroatoms. The number of anilines is 1. The lowest BCUT2D eigenvalue weighted by atomic mass is 9.90. The van der Waals surface area contributed by atoms with Crippen molar-refractivity contribution in [2.75, 3.05) is 4.90 Å². The van der Waals surface area contributed by atoms with Crippen molar-refractivity contribution >= 4 is 23.3 Å². The van der Waals surface area contributed by atoms with Gasteiger partial charge in [-0.1, -0.05) is 55.0 Å². The number of carbonyl (C=O) groups excluding carboxylic acids is 3. The highest BCUT2D eigenvalue weighted by Crippen LogP contribution is 2.47. The average molecular weight is 400 g/mol. The lowest BCUT2D eigenvalue weighted by Gasteiger charge is -2.33. The summed E-state index contributed by atoms with van der Waals surface area (Å²) in [7, 11) is 0. The van der Waals surface area contributed by atoms with Crippen molar-refractivity contribution in [2.24, 2.45) is 11.8 Å². The van der Waals surface area contributed by atoms with Crippen LogP contribution in [-0.2, 0) is 27.3 Å². The van der Waals surface area contributed by atoms with Crippen molar-refractivity contribution in [1.82, 2.24) is 4.90 Å². The Kier molecular flexibility index (Phi) is 4.44. The molecule has 5 rings (SSSR count). The van der Waals surface area contributed by atoms with Crippen molar-refractivity contribution in [3.05, 3.63) is 77.4 Å². The number of hydrogen-bond donors (Lipinski definition) is 0. The van der Waals surface area contributed by atoms with E-state index in [9.17, 15) is 14.4 Å². The highest BCUT2D eigenvalue weighted by molar-refractivity contribution is 6.24. The van der Waals surface area contributed by atoms with E-state index in [0.29, 0.717) is 12.2 Å². The van der Waals surface area contributed by atoms with Crippen molar-refractivity contribution in [3.63, 3.8) is 0 Å². The predicted molar refractivity (Wildman–Crippen MR) is 114 cm³/mol. The summed E-state index contributed by atoms with van der Waals surface area (Å²) in [5, 5.41) is 0. The van der Waals surface area contributed by atoms with Crippen molar-refractivity contribution in [3.8, 4) is 0 Å². The van der Waals surface area contributed by atoms with Gasteiger partial charge in [-0.3, -0.25) is 19.3 Å². The van der Waals surface area contributed by atoms with Gasteiger partial charge in [0.25, 0.3) is 0 Å². The first-order valence-corrected chi connectivity index (χ1v) is 10.5. The molecule has 3 heterocycles. The third-order valence-corrected chi connectivity index (χ3v) is 6.65. The van der Waals surface area contributed by atoms with Crippen molar-refractivity contribution < 1.29 is 14.4 Å². The third-order valence-electron chi connectivity index (χ3n) is 6.65. The van der Waals surface area contributed by atoms with Crippen LogP contribution in [0, 0.1) is 18.8 Å². The summed E-state index contributed by atoms with van der Waals surface area (Å²) in [5.74, 6) is -1.68. The molecule has 2 bridgehead atoms. The molecule has 0 unspecified atom stereocenters. The van der Waals surface area contributed by atoms with E-state index in [0.717, 1.165) is 23.1 Å². The van der Waals surface area contributed by atoms with E-state index in [1.807, 2.05) is 60.4 Å². The second-order valence-corrected chi connectivity index (χ2v) is 8.44. The molecular formula is C25H24N2O3. The highest BCUT2D eigenvalue weighted by atomic mass is 16.2. The van der Waals surface area contributed by atoms with Gasteiger partial charge in [0.2, 0.25) is 11.8 Å². The number of carbonyl (C=O) groups is 3. The first-order valence-electron chi connectivity index (χ1n) is 10.5. The van der Waals surface area contributed by atoms with E-state index in [2.05, 4.69) is 13.0 Å². The van der Waals surface area contributed by atoms with Crippen LogP contribution in [0.4, 0.5) is 5.69 Å². The lowest BCUT2D eigenvalue weighted by Crippen LogP contribution is -2.48. The molecule has 0 aromatic heterocycles. The fourth-order valence-electron chi connectivity index (χ4n) is 5.22. The van der Waals surface area contributed by atoms with Gasteiger partial charge >= 0.3 is 0 Å². The smallest absolute Gasteiger partial charge is 0.239 e. The van der Waals surface area contributed by atoms with Crippen LogP contribution in [0.15, 0.2) is 60.7 Å². The Hall–Kier alpha value is -3.05. The predicted octanol–water partition coefficient (Wildman–Crippen LogP) is 3.05. The molecule has 5 nitrogen and oxygen atoms in total. The summed E-state index contributed by atoms with van der Waals surface area (Å²) in [6.45, 7) is 4.64. The molecule has 0 radical (unpaired) electrons. The van der Waals surface area contributed by atoms with Gasteiger partial charge in [0.1, 0.15) is 0 Å². The fourth-order valence-corrected chi connectivity index (χ4v) is 5.22. The van der Waals surface area contributed by atoms with E-state index >= 15 is 0 Å². The average Bonchev–Trinajstić information content (AvgIpc) is 3.12. The van der Waals surface area contributed by atoms with Gasteiger partial charge < -0.3 is 0 Å². The maximum Gasteiger partial charge on any atom is 0.239 e. The Balaban J connectivity index is 1.49. The number of imide groups is 1. The molecule has 2 aromatic rings. The Morgan fingerprint density at radius 1 is 0.900 bits per heavy atom. The normalized spacial score (nSPS) is 27.8. The van der Waals surface area contributed by atoms with E-state index in [1.54, 1.807) is 6.08 Å². The third kappa shape index (κ3) is 2.76. The summed E-state index contributed by atoms with van der Waals surface area (Å²) >= 11 is 0. The van der Waals surface area contributed by atoms with Crippen LogP contribution in [0.25, 0.3) is 0 Å². The largest absolute Gasteiger partial charge is 0.293 e. The van der Waals surface area contributed by atoms with Crippen LogP contribution in [0.1, 0.15) is 23.6 Å². The Morgan fingerprint density at radius 2 is 1.63 bits per heavy atom. The number of aryl methyl sites for hydroxylation is 2. The first kappa shape index (κ1) is 18.9. The number of rotatable bonds is 4. The number of fused-ring (bicyclic) bond motifs is 5. The first-order chi connectivity index (χ1) is 14.5. The Labute approximate surface area is 176 Å². The SMILES string of the molecule is CCc1ccc(N2C(=O)[C@@H]3[C@H](C2=O)[C@H]2C(=O)C=C[C@@H]3N2Cc2cccc(C)c2)cc1. The van der Waals surface area contributed by atoms with Crippen molar-refractivity contribution in [1.29, 1.82) is 0 Å². The van der Waals surface area contributed by atoms with Gasteiger partial charge in [0, 0.05) is 12.6 Å². The molecule has 0 N–H and O–H groups in total. The number of hydrogen-bond acceptors (Lipinski definition) is 4. The van der Waals surface area contributed by atoms with Gasteiger partial charge in [-0.15, -0.1) is 0 Å². The van der Waals surface area contributed by atoms with Crippen LogP contribution in [0.5, 0.6) is 0 Å². The van der Waals surface area contributed by atoms with Gasteiger partial charge in [-0.25, -0.2) is 4.90 Å². The number of nitrogens with zero attached hydrogens (tertiary/aromatic N) is 2. The monoisotopic (exact) mass is 400 g/mol. The maximum atomic E-state index is 13.4. The topological polar surface area (TPSA) is 57.7 Å². The Bertz CT molecular complexity index is 1070. The lowest BCUT2D eigenvalue weighted by molar-refractivity contribution is -0.129. The molecule has 2 aromatic carbocycles. The summed E-state index contributed by atoms with van der Waals surface area (Å²) in [6.07, 6.45) is 4.26. The quantitative estimate of drug-likeness (QED) is 0.741. The summed E-state index contributed by atoms with van der Waals surface area (Å²) in [4.78, 5) is 42.9. The molecule has 0 aliphatic carbocycles. The fraction of sp³-hybridized carbons (Fsp3) is 0.320. The van der Waals surface area contributed by atoms with Crippen LogP contribution >= 0.6 is 0 Å². The summed E-state index contributed by atoms with van der Waals surface area (Å²) in [6, 6.07) is 14.9. The van der Waals surface area contributed by atoms with Crippen LogP contribution in [0.3, 0.4) is 0 Å². The molecular weight excluding hydrogens is 376 g/mol. The zero-order valence-electron chi connectivity index (χ0n) is 17.1. The van der Waals surface area contributed by atoms with Crippen LogP contribution in [0.2, 0.25) is 0 Å². The van der Waals surface area contributed by atoms with Gasteiger partial charge in [-0.2, -0.15) is 0 Å². The second-order valence-electron chi connectivity index (χ2n) is 8.44. The summed E-state index contributed by atoms with van der Waals surface area (Å²) in [5.41, 5.74) is 3.97. The molecule has 0 spiro atoms. The number of benzene rings is 2. The molecule has 3 aliphatic rings. The molecule has 3 aliphatic heterocycles. The highest BCUT2D eigenvalue weighted by Gasteiger charge is 2.64. The molecule has 152 valence electrons. The van der Waals surface area contributed by atoms with Crippen LogP contribution in [-0.4, -0.2) is 34.6 Å². The molecule has 2 fully saturated rings. The molecule has 2 amide bonds. The number of amides is 2. The van der Waals surface area contributed by atoms with Crippen LogP contribution < -0.4 is 4.90 Å². The number of ketones is 1. The molecule has 2 saturated heterocycles. The van der Waals surface area contributed by atoms with E-state index < -0.39 is 17.9 Å². The minimum absolute atomic E-state index is 0.0873.